The summed E-state index contributed by atoms with van der Waals surface area (Å²) in [5.74, 6) is 1.73. The van der Waals surface area contributed by atoms with Crippen LogP contribution >= 0.6 is 11.3 Å². The van der Waals surface area contributed by atoms with Gasteiger partial charge in [0.1, 0.15) is 11.5 Å². The van der Waals surface area contributed by atoms with Crippen molar-refractivity contribution in [1.29, 1.82) is 5.41 Å². The molecule has 9 nitrogen and oxygen atoms in total. The van der Waals surface area contributed by atoms with Crippen LogP contribution in [0.1, 0.15) is 30.0 Å². The molecule has 2 aromatic rings. The van der Waals surface area contributed by atoms with E-state index in [0.29, 0.717) is 36.3 Å². The summed E-state index contributed by atoms with van der Waals surface area (Å²) in [7, 11) is 0.0605. The number of hydrogen-bond donors (Lipinski definition) is 3. The Hall–Kier alpha value is -2.37. The Bertz CT molecular complexity index is 962. The lowest BCUT2D eigenvalue weighted by atomic mass is 9.95. The zero-order valence-electron chi connectivity index (χ0n) is 17.3. The summed E-state index contributed by atoms with van der Waals surface area (Å²) in [6.07, 6.45) is 2.75. The van der Waals surface area contributed by atoms with Crippen LogP contribution < -0.4 is 20.1 Å². The minimum atomic E-state index is -3.13. The molecule has 1 aromatic carbocycles. The lowest BCUT2D eigenvalue weighted by Crippen LogP contribution is -2.37. The van der Waals surface area contributed by atoms with Gasteiger partial charge >= 0.3 is 0 Å². The van der Waals surface area contributed by atoms with Crippen molar-refractivity contribution in [2.75, 3.05) is 38.9 Å². The quantitative estimate of drug-likeness (QED) is 0.435. The molecule has 1 aliphatic rings. The smallest absolute Gasteiger partial charge is 0.211 e. The van der Waals surface area contributed by atoms with Crippen LogP contribution in [-0.4, -0.2) is 57.2 Å². The topological polar surface area (TPSA) is 117 Å². The molecule has 11 heteroatoms. The number of aromatic nitrogens is 1. The first-order chi connectivity index (χ1) is 14.3. The number of methoxy groups -OCH3 is 2. The van der Waals surface area contributed by atoms with Crippen molar-refractivity contribution < 1.29 is 17.9 Å². The Morgan fingerprint density at radius 3 is 2.47 bits per heavy atom. The van der Waals surface area contributed by atoms with Gasteiger partial charge in [0.15, 0.2) is 11.1 Å². The Kier molecular flexibility index (Phi) is 7.16. The van der Waals surface area contributed by atoms with Crippen LogP contribution in [0.15, 0.2) is 23.6 Å². The number of benzene rings is 1. The third kappa shape index (κ3) is 5.41. The molecule has 0 bridgehead atoms. The highest BCUT2D eigenvalue weighted by molar-refractivity contribution is 7.88. The first kappa shape index (κ1) is 22.3. The summed E-state index contributed by atoms with van der Waals surface area (Å²) in [6, 6.07) is 5.54. The first-order valence-electron chi connectivity index (χ1n) is 9.51. The van der Waals surface area contributed by atoms with Gasteiger partial charge in [0.25, 0.3) is 0 Å². The summed E-state index contributed by atoms with van der Waals surface area (Å²) in [4.78, 5) is 4.59. The van der Waals surface area contributed by atoms with Gasteiger partial charge in [-0.15, -0.1) is 11.3 Å². The van der Waals surface area contributed by atoms with E-state index in [1.165, 1.54) is 21.9 Å². The van der Waals surface area contributed by atoms with Crippen molar-refractivity contribution in [1.82, 2.24) is 14.6 Å². The number of thiazole rings is 1. The van der Waals surface area contributed by atoms with Gasteiger partial charge in [0, 0.05) is 24.4 Å². The standard InChI is InChI=1S/C19H27N5O4S2/c1-27-16-5-4-6-17(28-2)14(16)11-21-18(20)23-19-22-15(12-29-19)13-7-9-24(10-8-13)30(3,25)26/h4-6,12-13H,7-11H2,1-3H3,(H3,20,21,22,23). The summed E-state index contributed by atoms with van der Waals surface area (Å²) in [6.45, 7) is 1.39. The van der Waals surface area contributed by atoms with Gasteiger partial charge in [-0.05, 0) is 25.0 Å². The Balaban J connectivity index is 1.55. The van der Waals surface area contributed by atoms with Crippen molar-refractivity contribution in [3.8, 4) is 11.5 Å². The van der Waals surface area contributed by atoms with Crippen LogP contribution in [0, 0.1) is 5.41 Å². The molecular formula is C19H27N5O4S2. The van der Waals surface area contributed by atoms with E-state index in [2.05, 4.69) is 15.6 Å². The Morgan fingerprint density at radius 2 is 1.90 bits per heavy atom. The van der Waals surface area contributed by atoms with Gasteiger partial charge in [-0.25, -0.2) is 17.7 Å². The molecule has 0 amide bonds. The predicted molar refractivity (Wildman–Crippen MR) is 118 cm³/mol. The molecule has 0 radical (unpaired) electrons. The number of sulfonamides is 1. The van der Waals surface area contributed by atoms with Crippen LogP contribution in [0.25, 0.3) is 0 Å². The van der Waals surface area contributed by atoms with Crippen LogP contribution in [0.4, 0.5) is 5.13 Å². The fourth-order valence-electron chi connectivity index (χ4n) is 3.44. The molecule has 164 valence electrons. The monoisotopic (exact) mass is 453 g/mol. The number of guanidine groups is 1. The Morgan fingerprint density at radius 1 is 1.27 bits per heavy atom. The minimum absolute atomic E-state index is 0.121. The summed E-state index contributed by atoms with van der Waals surface area (Å²) < 4.78 is 35.6. The molecule has 1 aliphatic heterocycles. The van der Waals surface area contributed by atoms with Crippen LogP contribution in [-0.2, 0) is 16.6 Å². The molecule has 1 saturated heterocycles. The van der Waals surface area contributed by atoms with Gasteiger partial charge in [0.2, 0.25) is 10.0 Å². The number of ether oxygens (including phenoxy) is 2. The molecule has 2 heterocycles. The third-order valence-corrected chi connectivity index (χ3v) is 7.15. The van der Waals surface area contributed by atoms with Crippen molar-refractivity contribution in [3.63, 3.8) is 0 Å². The van der Waals surface area contributed by atoms with E-state index in [0.717, 1.165) is 24.1 Å². The number of piperidine rings is 1. The molecule has 3 N–H and O–H groups in total. The minimum Gasteiger partial charge on any atom is -0.496 e. The highest BCUT2D eigenvalue weighted by atomic mass is 32.2. The summed E-state index contributed by atoms with van der Waals surface area (Å²) in [5.41, 5.74) is 1.77. The number of rotatable bonds is 7. The molecule has 3 rings (SSSR count). The fourth-order valence-corrected chi connectivity index (χ4v) is 5.12. The predicted octanol–water partition coefficient (Wildman–Crippen LogP) is 2.44. The van der Waals surface area contributed by atoms with Gasteiger partial charge < -0.3 is 20.1 Å². The second-order valence-corrected chi connectivity index (χ2v) is 9.85. The maximum absolute atomic E-state index is 11.7. The van der Waals surface area contributed by atoms with Crippen molar-refractivity contribution >= 4 is 32.5 Å². The third-order valence-electron chi connectivity index (χ3n) is 5.07. The van der Waals surface area contributed by atoms with E-state index >= 15 is 0 Å². The highest BCUT2D eigenvalue weighted by Gasteiger charge is 2.27. The average molecular weight is 454 g/mol. The van der Waals surface area contributed by atoms with Crippen molar-refractivity contribution in [2.45, 2.75) is 25.3 Å². The summed E-state index contributed by atoms with van der Waals surface area (Å²) in [5, 5.41) is 16.8. The zero-order chi connectivity index (χ0) is 21.7. The number of nitrogens with zero attached hydrogens (tertiary/aromatic N) is 2. The second kappa shape index (κ2) is 9.63. The van der Waals surface area contributed by atoms with Gasteiger partial charge in [-0.1, -0.05) is 6.07 Å². The molecule has 1 aromatic heterocycles. The van der Waals surface area contributed by atoms with Crippen LogP contribution in [0.3, 0.4) is 0 Å². The number of anilines is 1. The van der Waals surface area contributed by atoms with E-state index in [9.17, 15) is 8.42 Å². The maximum Gasteiger partial charge on any atom is 0.211 e. The van der Waals surface area contributed by atoms with E-state index in [-0.39, 0.29) is 11.9 Å². The lowest BCUT2D eigenvalue weighted by Gasteiger charge is -2.29. The van der Waals surface area contributed by atoms with E-state index < -0.39 is 10.0 Å². The summed E-state index contributed by atoms with van der Waals surface area (Å²) >= 11 is 1.43. The SMILES string of the molecule is COc1cccc(OC)c1CNC(=N)Nc1nc(C2CCN(S(C)(=O)=O)CC2)cs1. The normalized spacial score (nSPS) is 15.6. The highest BCUT2D eigenvalue weighted by Crippen LogP contribution is 2.31. The van der Waals surface area contributed by atoms with E-state index in [1.807, 2.05) is 23.6 Å². The molecule has 0 unspecified atom stereocenters. The first-order valence-corrected chi connectivity index (χ1v) is 12.2. The molecule has 0 aliphatic carbocycles. The largest absolute Gasteiger partial charge is 0.496 e. The molecule has 0 saturated carbocycles. The number of nitrogens with one attached hydrogen (secondary N) is 3. The van der Waals surface area contributed by atoms with Crippen molar-refractivity contribution in [3.05, 3.63) is 34.8 Å². The molecule has 0 atom stereocenters. The zero-order valence-corrected chi connectivity index (χ0v) is 18.9. The Labute approximate surface area is 181 Å². The molecule has 30 heavy (non-hydrogen) atoms. The second-order valence-electron chi connectivity index (χ2n) is 7.01. The van der Waals surface area contributed by atoms with Gasteiger partial charge in [-0.3, -0.25) is 5.41 Å². The molecular weight excluding hydrogens is 426 g/mol. The molecule has 0 spiro atoms. The van der Waals surface area contributed by atoms with Gasteiger partial charge in [0.05, 0.1) is 38.3 Å². The van der Waals surface area contributed by atoms with E-state index in [4.69, 9.17) is 14.9 Å². The lowest BCUT2D eigenvalue weighted by molar-refractivity contribution is 0.319. The molecule has 1 fully saturated rings. The van der Waals surface area contributed by atoms with Crippen LogP contribution in [0.2, 0.25) is 0 Å². The van der Waals surface area contributed by atoms with E-state index in [1.54, 1.807) is 14.2 Å². The van der Waals surface area contributed by atoms with Crippen molar-refractivity contribution in [2.24, 2.45) is 0 Å². The van der Waals surface area contributed by atoms with Crippen LogP contribution in [0.5, 0.6) is 11.5 Å². The van der Waals surface area contributed by atoms with Gasteiger partial charge in [-0.2, -0.15) is 0 Å². The average Bonchev–Trinajstić information content (AvgIpc) is 3.19. The number of hydrogen-bond acceptors (Lipinski definition) is 7. The maximum atomic E-state index is 11.7. The fraction of sp³-hybridized carbons (Fsp3) is 0.474.